The van der Waals surface area contributed by atoms with Crippen LogP contribution in [0.15, 0.2) is 35.5 Å². The number of hydrogen-bond donors (Lipinski definition) is 0. The summed E-state index contributed by atoms with van der Waals surface area (Å²) in [4.78, 5) is 26.3. The molecule has 0 N–H and O–H groups in total. The molecule has 1 aromatic carbocycles. The normalized spacial score (nSPS) is 15.2. The van der Waals surface area contributed by atoms with E-state index in [4.69, 9.17) is 0 Å². The van der Waals surface area contributed by atoms with E-state index in [-0.39, 0.29) is 5.91 Å². The van der Waals surface area contributed by atoms with Crippen molar-refractivity contribution in [1.29, 1.82) is 0 Å². The van der Waals surface area contributed by atoms with Gasteiger partial charge >= 0.3 is 0 Å². The van der Waals surface area contributed by atoms with Gasteiger partial charge in [0.1, 0.15) is 0 Å². The van der Waals surface area contributed by atoms with E-state index >= 15 is 0 Å². The van der Waals surface area contributed by atoms with Crippen LogP contribution in [0.2, 0.25) is 0 Å². The number of benzene rings is 1. The summed E-state index contributed by atoms with van der Waals surface area (Å²) in [5.41, 5.74) is 4.06. The topological polar surface area (TPSA) is 66.6 Å². The van der Waals surface area contributed by atoms with E-state index in [1.165, 1.54) is 17.3 Å². The maximum Gasteiger partial charge on any atom is 0.253 e. The Morgan fingerprint density at radius 1 is 1.07 bits per heavy atom. The van der Waals surface area contributed by atoms with E-state index in [1.807, 2.05) is 31.1 Å². The fourth-order valence-electron chi connectivity index (χ4n) is 3.79. The van der Waals surface area contributed by atoms with Crippen molar-refractivity contribution in [2.45, 2.75) is 32.0 Å². The SMILES string of the molecule is CSc1nc2nc(C)c(CC(=O)N3CCN(Cc4ccccc4)CC3)c(C)n2n1. The highest BCUT2D eigenvalue weighted by Crippen LogP contribution is 2.18. The first-order chi connectivity index (χ1) is 14.0. The summed E-state index contributed by atoms with van der Waals surface area (Å²) in [6, 6.07) is 10.5. The Morgan fingerprint density at radius 2 is 1.79 bits per heavy atom. The van der Waals surface area contributed by atoms with E-state index in [1.54, 1.807) is 4.52 Å². The molecule has 7 nitrogen and oxygen atoms in total. The molecule has 2 aromatic heterocycles. The first-order valence-electron chi connectivity index (χ1n) is 9.86. The lowest BCUT2D eigenvalue weighted by Crippen LogP contribution is -2.48. The highest BCUT2D eigenvalue weighted by molar-refractivity contribution is 7.98. The second-order valence-electron chi connectivity index (χ2n) is 7.39. The van der Waals surface area contributed by atoms with Gasteiger partial charge in [-0.2, -0.15) is 4.98 Å². The van der Waals surface area contributed by atoms with Crippen molar-refractivity contribution in [3.63, 3.8) is 0 Å². The van der Waals surface area contributed by atoms with Gasteiger partial charge in [-0.1, -0.05) is 42.1 Å². The lowest BCUT2D eigenvalue weighted by Gasteiger charge is -2.35. The Balaban J connectivity index is 1.41. The Labute approximate surface area is 175 Å². The molecule has 0 atom stereocenters. The van der Waals surface area contributed by atoms with Gasteiger partial charge in [0.05, 0.1) is 6.42 Å². The molecule has 0 bridgehead atoms. The van der Waals surface area contributed by atoms with Gasteiger partial charge in [-0.15, -0.1) is 5.10 Å². The van der Waals surface area contributed by atoms with Crippen LogP contribution in [0, 0.1) is 13.8 Å². The highest BCUT2D eigenvalue weighted by Gasteiger charge is 2.23. The minimum atomic E-state index is 0.155. The minimum Gasteiger partial charge on any atom is -0.340 e. The third-order valence-electron chi connectivity index (χ3n) is 5.51. The fourth-order valence-corrected chi connectivity index (χ4v) is 4.13. The van der Waals surface area contributed by atoms with Gasteiger partial charge in [-0.25, -0.2) is 9.50 Å². The number of piperazine rings is 1. The highest BCUT2D eigenvalue weighted by atomic mass is 32.2. The fraction of sp³-hybridized carbons (Fsp3) is 0.429. The predicted molar refractivity (Wildman–Crippen MR) is 114 cm³/mol. The molecule has 152 valence electrons. The maximum absolute atomic E-state index is 13.0. The van der Waals surface area contributed by atoms with E-state index in [0.717, 1.165) is 49.7 Å². The molecule has 0 spiro atoms. The first kappa shape index (κ1) is 19.8. The van der Waals surface area contributed by atoms with Crippen LogP contribution in [0.25, 0.3) is 5.78 Å². The lowest BCUT2D eigenvalue weighted by atomic mass is 10.1. The number of hydrogen-bond acceptors (Lipinski definition) is 6. The van der Waals surface area contributed by atoms with Gasteiger partial charge in [0.15, 0.2) is 0 Å². The van der Waals surface area contributed by atoms with Crippen molar-refractivity contribution in [1.82, 2.24) is 29.4 Å². The largest absolute Gasteiger partial charge is 0.340 e. The molecule has 3 heterocycles. The number of nitrogens with zero attached hydrogens (tertiary/aromatic N) is 6. The molecule has 0 aliphatic carbocycles. The number of rotatable bonds is 5. The first-order valence-corrected chi connectivity index (χ1v) is 11.1. The lowest BCUT2D eigenvalue weighted by molar-refractivity contribution is -0.132. The molecule has 4 rings (SSSR count). The molecular weight excluding hydrogens is 384 g/mol. The third kappa shape index (κ3) is 4.28. The molecule has 3 aromatic rings. The summed E-state index contributed by atoms with van der Waals surface area (Å²) in [7, 11) is 0. The number of thioether (sulfide) groups is 1. The Morgan fingerprint density at radius 3 is 2.48 bits per heavy atom. The van der Waals surface area contributed by atoms with Crippen LogP contribution in [-0.2, 0) is 17.8 Å². The summed E-state index contributed by atoms with van der Waals surface area (Å²) in [6.07, 6.45) is 2.30. The zero-order chi connectivity index (χ0) is 20.4. The molecule has 0 saturated carbocycles. The molecule has 1 aliphatic rings. The van der Waals surface area contributed by atoms with E-state index in [2.05, 4.69) is 44.2 Å². The van der Waals surface area contributed by atoms with Crippen LogP contribution in [0.3, 0.4) is 0 Å². The number of carbonyl (C=O) groups excluding carboxylic acids is 1. The summed E-state index contributed by atoms with van der Waals surface area (Å²) in [5.74, 6) is 0.747. The summed E-state index contributed by atoms with van der Waals surface area (Å²) in [5, 5.41) is 5.17. The van der Waals surface area contributed by atoms with Crippen molar-refractivity contribution in [2.24, 2.45) is 0 Å². The molecule has 1 fully saturated rings. The quantitative estimate of drug-likeness (QED) is 0.602. The molecule has 29 heavy (non-hydrogen) atoms. The van der Waals surface area contributed by atoms with Crippen molar-refractivity contribution in [2.75, 3.05) is 32.4 Å². The van der Waals surface area contributed by atoms with Crippen LogP contribution in [-0.4, -0.2) is 67.7 Å². The number of aromatic nitrogens is 4. The van der Waals surface area contributed by atoms with Crippen LogP contribution >= 0.6 is 11.8 Å². The average molecular weight is 411 g/mol. The van der Waals surface area contributed by atoms with Crippen LogP contribution in [0.4, 0.5) is 0 Å². The van der Waals surface area contributed by atoms with Crippen LogP contribution in [0.1, 0.15) is 22.5 Å². The Hall–Kier alpha value is -2.45. The Kier molecular flexibility index (Phi) is 5.82. The molecule has 8 heteroatoms. The number of carbonyl (C=O) groups is 1. The number of amides is 1. The smallest absolute Gasteiger partial charge is 0.253 e. The summed E-state index contributed by atoms with van der Waals surface area (Å²) in [6.45, 7) is 8.19. The van der Waals surface area contributed by atoms with Crippen molar-refractivity contribution < 1.29 is 4.79 Å². The van der Waals surface area contributed by atoms with Gasteiger partial charge in [0.25, 0.3) is 5.78 Å². The van der Waals surface area contributed by atoms with Crippen molar-refractivity contribution in [3.8, 4) is 0 Å². The molecule has 0 unspecified atom stereocenters. The summed E-state index contributed by atoms with van der Waals surface area (Å²) < 4.78 is 1.75. The van der Waals surface area contributed by atoms with Crippen LogP contribution < -0.4 is 0 Å². The minimum absolute atomic E-state index is 0.155. The molecule has 1 aliphatic heterocycles. The second kappa shape index (κ2) is 8.51. The molecule has 1 saturated heterocycles. The van der Waals surface area contributed by atoms with Crippen molar-refractivity contribution in [3.05, 3.63) is 52.8 Å². The number of aryl methyl sites for hydroxylation is 2. The van der Waals surface area contributed by atoms with Gasteiger partial charge in [0, 0.05) is 49.7 Å². The summed E-state index contributed by atoms with van der Waals surface area (Å²) >= 11 is 1.49. The number of fused-ring (bicyclic) bond motifs is 1. The standard InChI is InChI=1S/C21H26N6OS/c1-15-18(16(2)27-20(22-15)23-21(24-27)29-3)13-19(28)26-11-9-25(10-12-26)14-17-7-5-4-6-8-17/h4-8H,9-14H2,1-3H3. The Bertz CT molecular complexity index is 1010. The van der Waals surface area contributed by atoms with Crippen molar-refractivity contribution >= 4 is 23.4 Å². The zero-order valence-electron chi connectivity index (χ0n) is 17.1. The zero-order valence-corrected chi connectivity index (χ0v) is 17.9. The monoisotopic (exact) mass is 410 g/mol. The maximum atomic E-state index is 13.0. The second-order valence-corrected chi connectivity index (χ2v) is 8.16. The molecular formula is C21H26N6OS. The van der Waals surface area contributed by atoms with E-state index < -0.39 is 0 Å². The van der Waals surface area contributed by atoms with Gasteiger partial charge < -0.3 is 4.90 Å². The van der Waals surface area contributed by atoms with Gasteiger partial charge in [-0.3, -0.25) is 9.69 Å². The third-order valence-corrected chi connectivity index (χ3v) is 6.05. The van der Waals surface area contributed by atoms with Gasteiger partial charge in [0.2, 0.25) is 11.1 Å². The van der Waals surface area contributed by atoms with Gasteiger partial charge in [-0.05, 0) is 25.7 Å². The van der Waals surface area contributed by atoms with E-state index in [0.29, 0.717) is 17.4 Å². The predicted octanol–water partition coefficient (Wildman–Crippen LogP) is 2.35. The molecule has 0 radical (unpaired) electrons. The molecule has 1 amide bonds. The average Bonchev–Trinajstić information content (AvgIpc) is 3.15. The van der Waals surface area contributed by atoms with E-state index in [9.17, 15) is 4.79 Å². The van der Waals surface area contributed by atoms with Crippen LogP contribution in [0.5, 0.6) is 0 Å².